The van der Waals surface area contributed by atoms with Gasteiger partial charge in [0.25, 0.3) is 0 Å². The topological polar surface area (TPSA) is 32.6 Å². The van der Waals surface area contributed by atoms with Gasteiger partial charge < -0.3 is 20.0 Å². The number of rotatable bonds is 6. The van der Waals surface area contributed by atoms with Crippen molar-refractivity contribution in [2.75, 3.05) is 0 Å². The van der Waals surface area contributed by atoms with E-state index in [0.29, 0.717) is 53.1 Å². The maximum absolute atomic E-state index is 10.8. The van der Waals surface area contributed by atoms with Crippen LogP contribution < -0.4 is 0 Å². The Morgan fingerprint density at radius 1 is 0.782 bits per heavy atom. The second-order valence-electron chi connectivity index (χ2n) is 15.8. The van der Waals surface area contributed by atoms with Crippen LogP contribution in [0.3, 0.4) is 0 Å². The second kappa shape index (κ2) is 22.8. The molecule has 0 bridgehead atoms. The van der Waals surface area contributed by atoms with E-state index in [1.807, 2.05) is 30.3 Å². The van der Waals surface area contributed by atoms with Crippen molar-refractivity contribution >= 4 is 46.0 Å². The minimum atomic E-state index is -0.826. The van der Waals surface area contributed by atoms with Gasteiger partial charge in [-0.05, 0) is 113 Å². The number of hydrogen-bond donors (Lipinski definition) is 1. The van der Waals surface area contributed by atoms with Crippen LogP contribution in [-0.2, 0) is 47.1 Å². The Labute approximate surface area is 370 Å². The fraction of sp³-hybridized carbons (Fsp3) is 0.383. The molecule has 5 aliphatic carbocycles. The van der Waals surface area contributed by atoms with Crippen LogP contribution in [0.15, 0.2) is 120 Å². The maximum atomic E-state index is 10.8. The summed E-state index contributed by atoms with van der Waals surface area (Å²) in [5.74, 6) is 12.3. The predicted molar refractivity (Wildman–Crippen MR) is 233 cm³/mol. The van der Waals surface area contributed by atoms with Crippen LogP contribution in [0, 0.1) is 79.5 Å². The zero-order valence-corrected chi connectivity index (χ0v) is 40.8. The first kappa shape index (κ1) is 48.2. The number of benzene rings is 2. The number of phenolic OH excluding ortho intramolecular Hbond substituents is 1. The van der Waals surface area contributed by atoms with Crippen molar-refractivity contribution < 1.29 is 46.8 Å². The van der Waals surface area contributed by atoms with Crippen LogP contribution in [0.2, 0.25) is 0 Å². The van der Waals surface area contributed by atoms with Gasteiger partial charge in [0.2, 0.25) is 0 Å². The Hall–Kier alpha value is -1.16. The zero-order chi connectivity index (χ0) is 38.0. The standard InChI is InChI=1S/C45H49NO.2CH3.4ClH.2Zr/c1-44(2,3)41-22-13-16-33(43(41)47)30-46-34-26-23-31(24-27-34)14-11-12-29-45(4,40-28-25-32-15-5-6-17-35(32)40)42-38-20-9-7-18-36(38)37-19-8-10-21-39(37)42;;;;;;;;/h5-10,13,15-24,26-27,30,32,35-40,42,47H,12,25,28-29H2,1-4H3;2*1H3;4*1H;;/q;2*-1;;;;;+2;+4/p-4. The average molecular weight is 974 g/mol. The molecule has 0 spiro atoms. The molecule has 1 N–H and O–H groups in total. The molecule has 2 fully saturated rings. The van der Waals surface area contributed by atoms with E-state index in [2.05, 4.69) is 130 Å². The van der Waals surface area contributed by atoms with Crippen molar-refractivity contribution in [2.45, 2.75) is 58.8 Å². The molecule has 290 valence electrons. The summed E-state index contributed by atoms with van der Waals surface area (Å²) < 4.78 is 0. The van der Waals surface area contributed by atoms with E-state index >= 15 is 0 Å². The van der Waals surface area contributed by atoms with Crippen molar-refractivity contribution in [3.05, 3.63) is 147 Å². The Morgan fingerprint density at radius 2 is 1.31 bits per heavy atom. The van der Waals surface area contributed by atoms with Gasteiger partial charge in [0.1, 0.15) is 5.75 Å². The molecule has 0 radical (unpaired) electrons. The molecule has 2 aromatic carbocycles. The molecule has 0 heterocycles. The molecule has 2 saturated carbocycles. The Kier molecular flexibility index (Phi) is 20.0. The number of fused-ring (bicyclic) bond motifs is 4. The summed E-state index contributed by atoms with van der Waals surface area (Å²) in [7, 11) is 19.7. The Morgan fingerprint density at radius 3 is 1.87 bits per heavy atom. The number of aliphatic imine (C=N–C) groups is 1. The van der Waals surface area contributed by atoms with E-state index in [4.69, 9.17) is 34.1 Å². The van der Waals surface area contributed by atoms with Crippen LogP contribution in [0.1, 0.15) is 70.1 Å². The third kappa shape index (κ3) is 11.7. The molecule has 55 heavy (non-hydrogen) atoms. The first-order chi connectivity index (χ1) is 25.6. The van der Waals surface area contributed by atoms with Gasteiger partial charge in [0, 0.05) is 23.8 Å². The number of aromatic hydroxyl groups is 1. The SMILES string of the molecule is CC(C)(C)c1cccc(C=Nc2ccc(C#CCCC(C)(C3CCC4C=CC=CC43)C3C4C=CC=CC4C4C=CC=CC43)cc2)c1O.[CH3-].[CH3-].[Cl][Zr+2][Cl].[Cl][Zr][Cl]. The van der Waals surface area contributed by atoms with Crippen molar-refractivity contribution in [3.63, 3.8) is 0 Å². The number of halogens is 4. The van der Waals surface area contributed by atoms with E-state index < -0.39 is 41.7 Å². The monoisotopic (exact) mass is 969 g/mol. The number of para-hydroxylation sites is 1. The first-order valence-corrected chi connectivity index (χ1v) is 31.2. The fourth-order valence-electron chi connectivity index (χ4n) is 9.77. The summed E-state index contributed by atoms with van der Waals surface area (Å²) in [5, 5.41) is 10.8. The van der Waals surface area contributed by atoms with Gasteiger partial charge in [-0.1, -0.05) is 125 Å². The first-order valence-electron chi connectivity index (χ1n) is 18.5. The van der Waals surface area contributed by atoms with Gasteiger partial charge >= 0.3 is 75.7 Å². The molecule has 0 aliphatic heterocycles. The van der Waals surface area contributed by atoms with Crippen molar-refractivity contribution in [3.8, 4) is 17.6 Å². The quantitative estimate of drug-likeness (QED) is 0.175. The van der Waals surface area contributed by atoms with Gasteiger partial charge in [-0.2, -0.15) is 0 Å². The molecule has 5 aliphatic rings. The van der Waals surface area contributed by atoms with Crippen LogP contribution in [-0.4, -0.2) is 11.3 Å². The molecule has 0 amide bonds. The van der Waals surface area contributed by atoms with Crippen LogP contribution in [0.25, 0.3) is 0 Å². The van der Waals surface area contributed by atoms with Crippen molar-refractivity contribution in [2.24, 2.45) is 57.8 Å². The summed E-state index contributed by atoms with van der Waals surface area (Å²) in [4.78, 5) is 4.65. The Balaban J connectivity index is 0.000000955. The van der Waals surface area contributed by atoms with E-state index in [1.165, 1.54) is 12.8 Å². The summed E-state index contributed by atoms with van der Waals surface area (Å²) in [6.45, 7) is 8.96. The summed E-state index contributed by atoms with van der Waals surface area (Å²) in [6.07, 6.45) is 35.2. The molecule has 0 saturated heterocycles. The van der Waals surface area contributed by atoms with Gasteiger partial charge in [0.05, 0.1) is 5.69 Å². The minimum absolute atomic E-state index is 0. The number of nitrogens with zero attached hydrogens (tertiary/aromatic N) is 1. The summed E-state index contributed by atoms with van der Waals surface area (Å²) >= 11 is -1.65. The zero-order valence-electron chi connectivity index (χ0n) is 32.9. The molecule has 2 nitrogen and oxygen atoms in total. The molecule has 2 aromatic rings. The van der Waals surface area contributed by atoms with Gasteiger partial charge in [-0.25, -0.2) is 0 Å². The fourth-order valence-corrected chi connectivity index (χ4v) is 9.77. The van der Waals surface area contributed by atoms with E-state index in [1.54, 1.807) is 6.21 Å². The van der Waals surface area contributed by atoms with Crippen LogP contribution in [0.4, 0.5) is 5.69 Å². The number of allylic oxidation sites excluding steroid dienone is 12. The molecule has 0 aromatic heterocycles. The molecule has 8 unspecified atom stereocenters. The summed E-state index contributed by atoms with van der Waals surface area (Å²) in [5.41, 5.74) is 3.58. The van der Waals surface area contributed by atoms with E-state index in [0.717, 1.165) is 35.2 Å². The molecule has 8 heteroatoms. The molecular formula is C47H55Cl4NOZr2. The average Bonchev–Trinajstić information content (AvgIpc) is 3.74. The van der Waals surface area contributed by atoms with Crippen LogP contribution >= 0.6 is 34.1 Å². The van der Waals surface area contributed by atoms with Gasteiger partial charge in [-0.15, -0.1) is 0 Å². The normalized spacial score (nSPS) is 27.2. The second-order valence-corrected chi connectivity index (χ2v) is 23.3. The van der Waals surface area contributed by atoms with Gasteiger partial charge in [-0.3, -0.25) is 4.99 Å². The van der Waals surface area contributed by atoms with E-state index in [-0.39, 0.29) is 25.7 Å². The third-order valence-corrected chi connectivity index (χ3v) is 12.0. The Bertz CT molecular complexity index is 1780. The van der Waals surface area contributed by atoms with Gasteiger partial charge in [0.15, 0.2) is 0 Å². The van der Waals surface area contributed by atoms with Crippen LogP contribution in [0.5, 0.6) is 5.75 Å². The van der Waals surface area contributed by atoms with Crippen molar-refractivity contribution in [1.29, 1.82) is 0 Å². The summed E-state index contributed by atoms with van der Waals surface area (Å²) in [6, 6.07) is 14.0. The number of phenols is 1. The van der Waals surface area contributed by atoms with Crippen molar-refractivity contribution in [1.82, 2.24) is 0 Å². The van der Waals surface area contributed by atoms with E-state index in [9.17, 15) is 5.11 Å². The predicted octanol–water partition coefficient (Wildman–Crippen LogP) is 14.3. The number of hydrogen-bond acceptors (Lipinski definition) is 2. The third-order valence-electron chi connectivity index (χ3n) is 12.0. The molecular weight excluding hydrogens is 919 g/mol. The molecule has 8 atom stereocenters. The molecule has 7 rings (SSSR count).